The average molecular weight is 339 g/mol. The molecule has 1 aromatic heterocycles. The molecular weight excluding hydrogens is 328 g/mol. The summed E-state index contributed by atoms with van der Waals surface area (Å²) in [4.78, 5) is 22.2. The van der Waals surface area contributed by atoms with E-state index in [9.17, 15) is 14.9 Å². The number of aromatic nitrogens is 2. The van der Waals surface area contributed by atoms with Crippen LogP contribution in [0.15, 0.2) is 35.1 Å². The molecule has 2 aromatic rings. The van der Waals surface area contributed by atoms with Crippen molar-refractivity contribution in [2.75, 3.05) is 0 Å². The van der Waals surface area contributed by atoms with E-state index < -0.39 is 4.92 Å². The van der Waals surface area contributed by atoms with Gasteiger partial charge in [-0.2, -0.15) is 5.10 Å². The number of benzene rings is 1. The van der Waals surface area contributed by atoms with Crippen molar-refractivity contribution in [3.05, 3.63) is 56.3 Å². The van der Waals surface area contributed by atoms with Gasteiger partial charge in [-0.3, -0.25) is 19.6 Å². The molecule has 8 heteroatoms. The zero-order valence-electron chi connectivity index (χ0n) is 10.5. The van der Waals surface area contributed by atoms with Crippen LogP contribution in [0.25, 0.3) is 0 Å². The first-order chi connectivity index (χ1) is 9.47. The third-order valence-corrected chi connectivity index (χ3v) is 3.31. The van der Waals surface area contributed by atoms with Crippen LogP contribution in [0.1, 0.15) is 15.9 Å². The molecule has 1 heterocycles. The first kappa shape index (κ1) is 14.2. The summed E-state index contributed by atoms with van der Waals surface area (Å²) < 4.78 is 2.14. The second kappa shape index (κ2) is 5.83. The average Bonchev–Trinajstić information content (AvgIpc) is 2.82. The van der Waals surface area contributed by atoms with Crippen LogP contribution in [0, 0.1) is 10.1 Å². The zero-order valence-corrected chi connectivity index (χ0v) is 12.1. The maximum absolute atomic E-state index is 12.0. The van der Waals surface area contributed by atoms with Gasteiger partial charge in [0.2, 0.25) is 0 Å². The third kappa shape index (κ3) is 3.21. The topological polar surface area (TPSA) is 90.1 Å². The lowest BCUT2D eigenvalue weighted by Crippen LogP contribution is -2.23. The van der Waals surface area contributed by atoms with E-state index in [0.29, 0.717) is 11.0 Å². The minimum Gasteiger partial charge on any atom is -0.348 e. The van der Waals surface area contributed by atoms with E-state index >= 15 is 0 Å². The molecule has 0 aliphatic carbocycles. The van der Waals surface area contributed by atoms with Crippen LogP contribution < -0.4 is 5.32 Å². The number of nitro groups is 1. The fourth-order valence-electron chi connectivity index (χ4n) is 1.64. The number of carbonyl (C=O) groups excluding carboxylic acids is 1. The Morgan fingerprint density at radius 1 is 1.55 bits per heavy atom. The van der Waals surface area contributed by atoms with E-state index in [2.05, 4.69) is 26.3 Å². The SMILES string of the molecule is Cn1cc(CNC(=O)c2cc([N+](=O)[O-])ccc2Br)cn1. The number of rotatable bonds is 4. The van der Waals surface area contributed by atoms with Gasteiger partial charge in [-0.25, -0.2) is 0 Å². The van der Waals surface area contributed by atoms with Crippen molar-refractivity contribution < 1.29 is 9.72 Å². The largest absolute Gasteiger partial charge is 0.348 e. The maximum atomic E-state index is 12.0. The lowest BCUT2D eigenvalue weighted by Gasteiger charge is -2.05. The molecule has 1 N–H and O–H groups in total. The van der Waals surface area contributed by atoms with Gasteiger partial charge in [0.1, 0.15) is 0 Å². The Bertz CT molecular complexity index is 668. The smallest absolute Gasteiger partial charge is 0.270 e. The molecule has 2 rings (SSSR count). The molecule has 0 radical (unpaired) electrons. The van der Waals surface area contributed by atoms with E-state index in [-0.39, 0.29) is 17.2 Å². The Labute approximate surface area is 122 Å². The van der Waals surface area contributed by atoms with Crippen molar-refractivity contribution in [2.45, 2.75) is 6.54 Å². The van der Waals surface area contributed by atoms with Crippen LogP contribution in [-0.2, 0) is 13.6 Å². The molecule has 0 saturated carbocycles. The van der Waals surface area contributed by atoms with Crippen LogP contribution in [0.4, 0.5) is 5.69 Å². The molecule has 1 aromatic carbocycles. The van der Waals surface area contributed by atoms with E-state index in [1.165, 1.54) is 18.2 Å². The lowest BCUT2D eigenvalue weighted by molar-refractivity contribution is -0.384. The molecule has 1 amide bonds. The van der Waals surface area contributed by atoms with Gasteiger partial charge in [-0.1, -0.05) is 0 Å². The Hall–Kier alpha value is -2.22. The van der Waals surface area contributed by atoms with Crippen molar-refractivity contribution in [2.24, 2.45) is 7.05 Å². The molecule has 0 fully saturated rings. The summed E-state index contributed by atoms with van der Waals surface area (Å²) in [7, 11) is 1.78. The summed E-state index contributed by atoms with van der Waals surface area (Å²) in [6, 6.07) is 4.06. The van der Waals surface area contributed by atoms with Gasteiger partial charge in [-0.15, -0.1) is 0 Å². The minimum atomic E-state index is -0.537. The normalized spacial score (nSPS) is 10.3. The second-order valence-electron chi connectivity index (χ2n) is 4.13. The molecule has 0 saturated heterocycles. The van der Waals surface area contributed by atoms with Gasteiger partial charge in [-0.05, 0) is 22.0 Å². The number of halogens is 1. The van der Waals surface area contributed by atoms with E-state index in [1.54, 1.807) is 24.1 Å². The molecule has 0 unspecified atom stereocenters. The predicted molar refractivity (Wildman–Crippen MR) is 75.2 cm³/mol. The van der Waals surface area contributed by atoms with Gasteiger partial charge < -0.3 is 5.32 Å². The number of hydrogen-bond donors (Lipinski definition) is 1. The quantitative estimate of drug-likeness (QED) is 0.682. The zero-order chi connectivity index (χ0) is 14.7. The Kier molecular flexibility index (Phi) is 4.14. The van der Waals surface area contributed by atoms with Gasteiger partial charge >= 0.3 is 0 Å². The van der Waals surface area contributed by atoms with Crippen molar-refractivity contribution in [3.8, 4) is 0 Å². The monoisotopic (exact) mass is 338 g/mol. The molecular formula is C12H11BrN4O3. The Morgan fingerprint density at radius 2 is 2.30 bits per heavy atom. The molecule has 0 aliphatic rings. The molecule has 104 valence electrons. The number of non-ortho nitro benzene ring substituents is 1. The standard InChI is InChI=1S/C12H11BrN4O3/c1-16-7-8(6-15-16)5-14-12(18)10-4-9(17(19)20)2-3-11(10)13/h2-4,6-7H,5H2,1H3,(H,14,18). The first-order valence-electron chi connectivity index (χ1n) is 5.67. The molecule has 0 aliphatic heterocycles. The van der Waals surface area contributed by atoms with Crippen molar-refractivity contribution in [1.82, 2.24) is 15.1 Å². The molecule has 20 heavy (non-hydrogen) atoms. The van der Waals surface area contributed by atoms with Crippen molar-refractivity contribution in [3.63, 3.8) is 0 Å². The highest BCUT2D eigenvalue weighted by atomic mass is 79.9. The number of nitrogens with one attached hydrogen (secondary N) is 1. The number of nitrogens with zero attached hydrogens (tertiary/aromatic N) is 3. The minimum absolute atomic E-state index is 0.125. The van der Waals surface area contributed by atoms with E-state index in [0.717, 1.165) is 5.56 Å². The summed E-state index contributed by atoms with van der Waals surface area (Å²) in [5.74, 6) is -0.385. The van der Waals surface area contributed by atoms with Crippen molar-refractivity contribution in [1.29, 1.82) is 0 Å². The van der Waals surface area contributed by atoms with Crippen LogP contribution in [0.2, 0.25) is 0 Å². The summed E-state index contributed by atoms with van der Waals surface area (Å²) in [5, 5.41) is 17.4. The fourth-order valence-corrected chi connectivity index (χ4v) is 2.07. The van der Waals surface area contributed by atoms with Gasteiger partial charge in [0.25, 0.3) is 11.6 Å². The fraction of sp³-hybridized carbons (Fsp3) is 0.167. The van der Waals surface area contributed by atoms with Gasteiger partial charge in [0.15, 0.2) is 0 Å². The third-order valence-electron chi connectivity index (χ3n) is 2.62. The van der Waals surface area contributed by atoms with Crippen LogP contribution >= 0.6 is 15.9 Å². The van der Waals surface area contributed by atoms with Crippen LogP contribution in [-0.4, -0.2) is 20.6 Å². The molecule has 0 spiro atoms. The van der Waals surface area contributed by atoms with Gasteiger partial charge in [0, 0.05) is 42.0 Å². The Balaban J connectivity index is 2.12. The molecule has 0 bridgehead atoms. The van der Waals surface area contributed by atoms with E-state index in [1.807, 2.05) is 0 Å². The number of hydrogen-bond acceptors (Lipinski definition) is 4. The highest BCUT2D eigenvalue weighted by molar-refractivity contribution is 9.10. The van der Waals surface area contributed by atoms with Crippen LogP contribution in [0.3, 0.4) is 0 Å². The predicted octanol–water partition coefficient (Wildman–Crippen LogP) is 2.02. The highest BCUT2D eigenvalue weighted by Gasteiger charge is 2.15. The Morgan fingerprint density at radius 3 is 2.90 bits per heavy atom. The van der Waals surface area contributed by atoms with Crippen molar-refractivity contribution >= 4 is 27.5 Å². The molecule has 7 nitrogen and oxygen atoms in total. The number of aryl methyl sites for hydroxylation is 1. The number of amides is 1. The maximum Gasteiger partial charge on any atom is 0.270 e. The number of nitro benzene ring substituents is 1. The summed E-state index contributed by atoms with van der Waals surface area (Å²) in [6.07, 6.45) is 3.42. The highest BCUT2D eigenvalue weighted by Crippen LogP contribution is 2.22. The lowest BCUT2D eigenvalue weighted by atomic mass is 10.2. The summed E-state index contributed by atoms with van der Waals surface area (Å²) in [5.41, 5.74) is 0.949. The summed E-state index contributed by atoms with van der Waals surface area (Å²) in [6.45, 7) is 0.307. The van der Waals surface area contributed by atoms with Crippen LogP contribution in [0.5, 0.6) is 0 Å². The first-order valence-corrected chi connectivity index (χ1v) is 6.46. The second-order valence-corrected chi connectivity index (χ2v) is 4.98. The molecule has 0 atom stereocenters. The van der Waals surface area contributed by atoms with E-state index in [4.69, 9.17) is 0 Å². The summed E-state index contributed by atoms with van der Waals surface area (Å²) >= 11 is 3.21. The van der Waals surface area contributed by atoms with Gasteiger partial charge in [0.05, 0.1) is 16.7 Å². The number of carbonyl (C=O) groups is 1.